The van der Waals surface area contributed by atoms with Gasteiger partial charge in [-0.2, -0.15) is 0 Å². The number of hydrogen-bond donors (Lipinski definition) is 1. The van der Waals surface area contributed by atoms with Gasteiger partial charge in [0.15, 0.2) is 0 Å². The van der Waals surface area contributed by atoms with Crippen LogP contribution in [0.15, 0.2) is 60.8 Å². The second kappa shape index (κ2) is 19.2. The minimum Gasteiger partial charge on any atom is -0.481 e. The van der Waals surface area contributed by atoms with E-state index in [1.54, 1.807) is 0 Å². The highest BCUT2D eigenvalue weighted by Gasteiger charge is 1.92. The van der Waals surface area contributed by atoms with E-state index in [1.807, 2.05) is 0 Å². The van der Waals surface area contributed by atoms with Gasteiger partial charge >= 0.3 is 5.97 Å². The molecule has 0 rings (SSSR count). The highest BCUT2D eigenvalue weighted by molar-refractivity contribution is 5.66. The number of hydrogen-bond acceptors (Lipinski definition) is 1. The Morgan fingerprint density at radius 1 is 0.667 bits per heavy atom. The summed E-state index contributed by atoms with van der Waals surface area (Å²) in [4.78, 5) is 10.3. The van der Waals surface area contributed by atoms with Gasteiger partial charge in [0.25, 0.3) is 0 Å². The Morgan fingerprint density at radius 3 is 1.42 bits per heavy atom. The molecule has 0 fully saturated rings. The smallest absolute Gasteiger partial charge is 0.303 e. The second-order valence-electron chi connectivity index (χ2n) is 5.73. The maximum absolute atomic E-state index is 10.3. The van der Waals surface area contributed by atoms with Crippen molar-refractivity contribution in [1.82, 2.24) is 0 Å². The van der Waals surface area contributed by atoms with Gasteiger partial charge in [-0.15, -0.1) is 0 Å². The maximum atomic E-state index is 10.3. The van der Waals surface area contributed by atoms with Gasteiger partial charge in [-0.1, -0.05) is 80.5 Å². The zero-order chi connectivity index (χ0) is 17.7. The standard InChI is InChI=1S/C22H34O2/c1-2-3-4-5-6-7-8-9-10-11-12-13-14-15-16-17-18-19-20-21-22(23)24/h5-6,8-9,11-12,14-15,17-18H,2-4,7,10,13,16,19-21H2,1H3,(H,23,24). The van der Waals surface area contributed by atoms with E-state index in [-0.39, 0.29) is 6.42 Å². The highest BCUT2D eigenvalue weighted by atomic mass is 16.4. The van der Waals surface area contributed by atoms with E-state index in [9.17, 15) is 4.79 Å². The Labute approximate surface area is 148 Å². The van der Waals surface area contributed by atoms with E-state index in [4.69, 9.17) is 5.11 Å². The predicted octanol–water partition coefficient (Wildman–Crippen LogP) is 6.77. The summed E-state index contributed by atoms with van der Waals surface area (Å²) in [5.41, 5.74) is 0. The summed E-state index contributed by atoms with van der Waals surface area (Å²) < 4.78 is 0. The molecule has 0 unspecified atom stereocenters. The molecule has 0 atom stereocenters. The molecule has 0 aliphatic rings. The molecule has 2 heteroatoms. The van der Waals surface area contributed by atoms with Crippen molar-refractivity contribution in [2.24, 2.45) is 0 Å². The largest absolute Gasteiger partial charge is 0.481 e. The molecule has 24 heavy (non-hydrogen) atoms. The van der Waals surface area contributed by atoms with E-state index in [0.29, 0.717) is 0 Å². The van der Waals surface area contributed by atoms with Crippen LogP contribution < -0.4 is 0 Å². The van der Waals surface area contributed by atoms with Crippen LogP contribution in [0.1, 0.15) is 71.1 Å². The first-order valence-corrected chi connectivity index (χ1v) is 9.24. The third-order valence-electron chi connectivity index (χ3n) is 3.41. The molecule has 0 aliphatic heterocycles. The fraction of sp³-hybridized carbons (Fsp3) is 0.500. The van der Waals surface area contributed by atoms with Gasteiger partial charge in [-0.05, 0) is 44.9 Å². The molecule has 0 aromatic rings. The number of rotatable bonds is 15. The fourth-order valence-electron chi connectivity index (χ4n) is 2.01. The van der Waals surface area contributed by atoms with E-state index in [0.717, 1.165) is 38.5 Å². The molecular weight excluding hydrogens is 296 g/mol. The minimum absolute atomic E-state index is 0.258. The van der Waals surface area contributed by atoms with Gasteiger partial charge in [0, 0.05) is 6.42 Å². The van der Waals surface area contributed by atoms with Gasteiger partial charge in [0.1, 0.15) is 0 Å². The normalized spacial score (nSPS) is 12.7. The lowest BCUT2D eigenvalue weighted by Gasteiger charge is -1.90. The summed E-state index contributed by atoms with van der Waals surface area (Å²) in [5.74, 6) is -0.714. The van der Waals surface area contributed by atoms with Crippen molar-refractivity contribution in [2.75, 3.05) is 0 Å². The third-order valence-corrected chi connectivity index (χ3v) is 3.41. The molecular formula is C22H34O2. The zero-order valence-electron chi connectivity index (χ0n) is 15.2. The summed E-state index contributed by atoms with van der Waals surface area (Å²) in [6, 6.07) is 0. The van der Waals surface area contributed by atoms with E-state index in [2.05, 4.69) is 67.7 Å². The van der Waals surface area contributed by atoms with Crippen LogP contribution in [0.25, 0.3) is 0 Å². The van der Waals surface area contributed by atoms with Crippen molar-refractivity contribution in [3.8, 4) is 0 Å². The molecule has 2 nitrogen and oxygen atoms in total. The number of allylic oxidation sites excluding steroid dienone is 10. The summed E-state index contributed by atoms with van der Waals surface area (Å²) in [7, 11) is 0. The molecule has 1 N–H and O–H groups in total. The van der Waals surface area contributed by atoms with Crippen LogP contribution in [0.2, 0.25) is 0 Å². The van der Waals surface area contributed by atoms with Crippen LogP contribution in [0, 0.1) is 0 Å². The van der Waals surface area contributed by atoms with Crippen molar-refractivity contribution in [3.05, 3.63) is 60.8 Å². The lowest BCUT2D eigenvalue weighted by Crippen LogP contribution is -1.92. The SMILES string of the molecule is CCCCC=CCC=CCC=CCC=CCC=CCCCC(=O)O. The lowest BCUT2D eigenvalue weighted by atomic mass is 10.2. The van der Waals surface area contributed by atoms with Gasteiger partial charge < -0.3 is 5.11 Å². The average molecular weight is 331 g/mol. The molecule has 0 radical (unpaired) electrons. The maximum Gasteiger partial charge on any atom is 0.303 e. The number of carboxylic acid groups (broad SMARTS) is 1. The van der Waals surface area contributed by atoms with Gasteiger partial charge in [-0.3, -0.25) is 4.79 Å². The van der Waals surface area contributed by atoms with Crippen LogP contribution in [-0.2, 0) is 4.79 Å². The molecule has 0 spiro atoms. The summed E-state index contributed by atoms with van der Waals surface area (Å²) >= 11 is 0. The van der Waals surface area contributed by atoms with Crippen LogP contribution in [0.3, 0.4) is 0 Å². The average Bonchev–Trinajstić information content (AvgIpc) is 2.56. The molecule has 134 valence electrons. The lowest BCUT2D eigenvalue weighted by molar-refractivity contribution is -0.137. The van der Waals surface area contributed by atoms with Gasteiger partial charge in [0.2, 0.25) is 0 Å². The molecule has 0 heterocycles. The Morgan fingerprint density at radius 2 is 1.04 bits per heavy atom. The van der Waals surface area contributed by atoms with Crippen molar-refractivity contribution < 1.29 is 9.90 Å². The third kappa shape index (κ3) is 20.2. The summed E-state index contributed by atoms with van der Waals surface area (Å²) in [6.45, 7) is 2.22. The van der Waals surface area contributed by atoms with Gasteiger partial charge in [0.05, 0.1) is 0 Å². The Bertz CT molecular complexity index is 425. The molecule has 0 aromatic heterocycles. The fourth-order valence-corrected chi connectivity index (χ4v) is 2.01. The summed E-state index contributed by atoms with van der Waals surface area (Å²) in [6.07, 6.45) is 31.3. The summed E-state index contributed by atoms with van der Waals surface area (Å²) in [5, 5.41) is 8.51. The first kappa shape index (κ1) is 22.2. The van der Waals surface area contributed by atoms with E-state index < -0.39 is 5.97 Å². The zero-order valence-corrected chi connectivity index (χ0v) is 15.2. The van der Waals surface area contributed by atoms with Crippen molar-refractivity contribution in [3.63, 3.8) is 0 Å². The van der Waals surface area contributed by atoms with Crippen molar-refractivity contribution >= 4 is 5.97 Å². The van der Waals surface area contributed by atoms with Crippen LogP contribution in [-0.4, -0.2) is 11.1 Å². The van der Waals surface area contributed by atoms with Crippen LogP contribution >= 0.6 is 0 Å². The Kier molecular flexibility index (Phi) is 17.8. The first-order chi connectivity index (χ1) is 11.8. The predicted molar refractivity (Wildman–Crippen MR) is 105 cm³/mol. The number of carbonyl (C=O) groups is 1. The second-order valence-corrected chi connectivity index (χ2v) is 5.73. The van der Waals surface area contributed by atoms with Gasteiger partial charge in [-0.25, -0.2) is 0 Å². The van der Waals surface area contributed by atoms with Crippen molar-refractivity contribution in [1.29, 1.82) is 0 Å². The molecule has 0 aromatic carbocycles. The van der Waals surface area contributed by atoms with E-state index in [1.165, 1.54) is 19.3 Å². The number of carboxylic acids is 1. The number of unbranched alkanes of at least 4 members (excludes halogenated alkanes) is 3. The molecule has 0 aliphatic carbocycles. The van der Waals surface area contributed by atoms with Crippen LogP contribution in [0.4, 0.5) is 0 Å². The van der Waals surface area contributed by atoms with Crippen molar-refractivity contribution in [2.45, 2.75) is 71.1 Å². The topological polar surface area (TPSA) is 37.3 Å². The Hall–Kier alpha value is -1.83. The van der Waals surface area contributed by atoms with E-state index >= 15 is 0 Å². The first-order valence-electron chi connectivity index (χ1n) is 9.24. The molecule has 0 bridgehead atoms. The highest BCUT2D eigenvalue weighted by Crippen LogP contribution is 1.99. The van der Waals surface area contributed by atoms with Crippen LogP contribution in [0.5, 0.6) is 0 Å². The Balaban J connectivity index is 3.46. The quantitative estimate of drug-likeness (QED) is 0.265. The molecule has 0 amide bonds. The number of aliphatic carboxylic acids is 1. The molecule has 0 saturated heterocycles. The molecule has 0 saturated carbocycles. The monoisotopic (exact) mass is 330 g/mol. The minimum atomic E-state index is -0.714.